The van der Waals surface area contributed by atoms with Crippen LogP contribution in [0.1, 0.15) is 40.2 Å². The maximum atomic E-state index is 12.4. The molecule has 0 aliphatic heterocycles. The lowest BCUT2D eigenvalue weighted by molar-refractivity contribution is -0.116. The number of aromatic nitrogens is 4. The summed E-state index contributed by atoms with van der Waals surface area (Å²) in [6, 6.07) is 7.42. The van der Waals surface area contributed by atoms with Crippen LogP contribution >= 0.6 is 0 Å². The van der Waals surface area contributed by atoms with Gasteiger partial charge in [0.1, 0.15) is 0 Å². The predicted molar refractivity (Wildman–Crippen MR) is 109 cm³/mol. The highest BCUT2D eigenvalue weighted by Crippen LogP contribution is 2.18. The first kappa shape index (κ1) is 19.5. The van der Waals surface area contributed by atoms with Gasteiger partial charge in [0.05, 0.1) is 5.69 Å². The van der Waals surface area contributed by atoms with Crippen LogP contribution in [0.25, 0.3) is 5.95 Å². The van der Waals surface area contributed by atoms with Crippen LogP contribution in [0, 0.1) is 34.6 Å². The van der Waals surface area contributed by atoms with Crippen LogP contribution < -0.4 is 10.9 Å². The minimum Gasteiger partial charge on any atom is -0.326 e. The van der Waals surface area contributed by atoms with Gasteiger partial charge in [-0.05, 0) is 69.9 Å². The second-order valence-corrected chi connectivity index (χ2v) is 7.20. The van der Waals surface area contributed by atoms with E-state index in [1.165, 1.54) is 6.07 Å². The molecular formula is C21H25N5O2. The number of aromatic amines is 1. The average Bonchev–Trinajstić information content (AvgIpc) is 2.85. The maximum Gasteiger partial charge on any atom is 0.252 e. The smallest absolute Gasteiger partial charge is 0.252 e. The molecule has 2 N–H and O–H groups in total. The number of H-pyrrole nitrogens is 1. The SMILES string of the molecule is Cc1cc(C)cc(NC(=O)CCc2c(C)nn(-c3nc(C)cc(=O)[nH]3)c2C)c1. The number of rotatable bonds is 5. The largest absolute Gasteiger partial charge is 0.326 e. The van der Waals surface area contributed by atoms with Crippen LogP contribution in [0.4, 0.5) is 5.69 Å². The van der Waals surface area contributed by atoms with Crippen LogP contribution in [0.3, 0.4) is 0 Å². The van der Waals surface area contributed by atoms with E-state index in [4.69, 9.17) is 0 Å². The molecule has 0 bridgehead atoms. The Bertz CT molecular complexity index is 1070. The Kier molecular flexibility index (Phi) is 5.44. The zero-order chi connectivity index (χ0) is 20.4. The quantitative estimate of drug-likeness (QED) is 0.712. The van der Waals surface area contributed by atoms with Gasteiger partial charge >= 0.3 is 0 Å². The van der Waals surface area contributed by atoms with E-state index in [9.17, 15) is 9.59 Å². The number of nitrogens with zero attached hydrogens (tertiary/aromatic N) is 3. The van der Waals surface area contributed by atoms with Gasteiger partial charge in [-0.25, -0.2) is 9.67 Å². The zero-order valence-electron chi connectivity index (χ0n) is 16.9. The van der Waals surface area contributed by atoms with E-state index < -0.39 is 0 Å². The zero-order valence-corrected chi connectivity index (χ0v) is 16.9. The number of carbonyl (C=O) groups is 1. The highest BCUT2D eigenvalue weighted by Gasteiger charge is 2.16. The monoisotopic (exact) mass is 379 g/mol. The molecule has 0 spiro atoms. The lowest BCUT2D eigenvalue weighted by atomic mass is 10.1. The van der Waals surface area contributed by atoms with Gasteiger partial charge < -0.3 is 5.32 Å². The molecule has 0 radical (unpaired) electrons. The van der Waals surface area contributed by atoms with Gasteiger partial charge in [-0.15, -0.1) is 0 Å². The Labute approximate surface area is 163 Å². The fraction of sp³-hybridized carbons (Fsp3) is 0.333. The molecule has 146 valence electrons. The van der Waals surface area contributed by atoms with Crippen LogP contribution in [0.2, 0.25) is 0 Å². The lowest BCUT2D eigenvalue weighted by Crippen LogP contribution is -2.15. The molecule has 1 amide bonds. The molecule has 0 aliphatic rings. The first-order valence-corrected chi connectivity index (χ1v) is 9.24. The molecule has 0 aliphatic carbocycles. The van der Waals surface area contributed by atoms with E-state index in [1.807, 2.05) is 39.8 Å². The van der Waals surface area contributed by atoms with Crippen LogP contribution in [-0.2, 0) is 11.2 Å². The van der Waals surface area contributed by atoms with Crippen molar-refractivity contribution in [1.82, 2.24) is 19.7 Å². The van der Waals surface area contributed by atoms with Crippen molar-refractivity contribution in [3.05, 3.63) is 68.4 Å². The van der Waals surface area contributed by atoms with Gasteiger partial charge in [-0.1, -0.05) is 6.07 Å². The molecule has 3 rings (SSSR count). The molecule has 0 saturated carbocycles. The van der Waals surface area contributed by atoms with E-state index in [0.29, 0.717) is 24.5 Å². The molecule has 0 unspecified atom stereocenters. The highest BCUT2D eigenvalue weighted by molar-refractivity contribution is 5.91. The van der Waals surface area contributed by atoms with Crippen molar-refractivity contribution in [3.63, 3.8) is 0 Å². The summed E-state index contributed by atoms with van der Waals surface area (Å²) in [4.78, 5) is 31.2. The second-order valence-electron chi connectivity index (χ2n) is 7.20. The van der Waals surface area contributed by atoms with Crippen LogP contribution in [-0.4, -0.2) is 25.7 Å². The first-order chi connectivity index (χ1) is 13.2. The van der Waals surface area contributed by atoms with E-state index in [-0.39, 0.29) is 11.5 Å². The minimum absolute atomic E-state index is 0.0429. The molecule has 0 atom stereocenters. The predicted octanol–water partition coefficient (Wildman–Crippen LogP) is 3.07. The number of hydrogen-bond donors (Lipinski definition) is 2. The third kappa shape index (κ3) is 4.36. The Balaban J connectivity index is 1.75. The standard InChI is InChI=1S/C21H25N5O2/c1-12-8-13(2)10-17(9-12)23-19(27)7-6-18-15(4)25-26(16(18)5)21-22-14(3)11-20(28)24-21/h8-11H,6-7H2,1-5H3,(H,23,27)(H,22,24,28). The first-order valence-electron chi connectivity index (χ1n) is 9.24. The summed E-state index contributed by atoms with van der Waals surface area (Å²) < 4.78 is 1.63. The Morgan fingerprint density at radius 2 is 1.75 bits per heavy atom. The molecule has 3 aromatic rings. The number of anilines is 1. The maximum absolute atomic E-state index is 12.4. The Morgan fingerprint density at radius 3 is 2.39 bits per heavy atom. The molecular weight excluding hydrogens is 354 g/mol. The Hall–Kier alpha value is -3.22. The van der Waals surface area contributed by atoms with Crippen molar-refractivity contribution in [3.8, 4) is 5.95 Å². The number of carbonyl (C=O) groups excluding carboxylic acids is 1. The van der Waals surface area contributed by atoms with Gasteiger partial charge in [-0.3, -0.25) is 14.6 Å². The summed E-state index contributed by atoms with van der Waals surface area (Å²) in [5.74, 6) is 0.343. The summed E-state index contributed by atoms with van der Waals surface area (Å²) in [7, 11) is 0. The fourth-order valence-corrected chi connectivity index (χ4v) is 3.42. The molecule has 7 heteroatoms. The minimum atomic E-state index is -0.218. The highest BCUT2D eigenvalue weighted by atomic mass is 16.1. The van der Waals surface area contributed by atoms with E-state index in [1.54, 1.807) is 11.6 Å². The molecule has 1 aromatic carbocycles. The number of amides is 1. The summed E-state index contributed by atoms with van der Waals surface area (Å²) in [6.07, 6.45) is 0.905. The number of hydrogen-bond acceptors (Lipinski definition) is 4. The average molecular weight is 379 g/mol. The van der Waals surface area contributed by atoms with Crippen LogP contribution in [0.15, 0.2) is 29.1 Å². The normalized spacial score (nSPS) is 10.9. The molecule has 2 aromatic heterocycles. The molecule has 7 nitrogen and oxygen atoms in total. The summed E-state index contributed by atoms with van der Waals surface area (Å²) in [5.41, 5.74) is 6.12. The fourth-order valence-electron chi connectivity index (χ4n) is 3.42. The lowest BCUT2D eigenvalue weighted by Gasteiger charge is -2.08. The van der Waals surface area contributed by atoms with E-state index >= 15 is 0 Å². The van der Waals surface area contributed by atoms with E-state index in [0.717, 1.165) is 33.8 Å². The topological polar surface area (TPSA) is 92.7 Å². The number of aryl methyl sites for hydroxylation is 4. The van der Waals surface area contributed by atoms with Gasteiger partial charge in [-0.2, -0.15) is 5.10 Å². The molecule has 0 fully saturated rings. The van der Waals surface area contributed by atoms with Gasteiger partial charge in [0, 0.05) is 29.6 Å². The van der Waals surface area contributed by atoms with Gasteiger partial charge in [0.15, 0.2) is 0 Å². The van der Waals surface area contributed by atoms with Crippen molar-refractivity contribution < 1.29 is 4.79 Å². The number of benzene rings is 1. The molecule has 0 saturated heterocycles. The second kappa shape index (κ2) is 7.80. The van der Waals surface area contributed by atoms with Crippen molar-refractivity contribution in [1.29, 1.82) is 0 Å². The summed E-state index contributed by atoms with van der Waals surface area (Å²) in [6.45, 7) is 9.59. The number of nitrogens with one attached hydrogen (secondary N) is 2. The van der Waals surface area contributed by atoms with Crippen molar-refractivity contribution in [2.45, 2.75) is 47.5 Å². The summed E-state index contributed by atoms with van der Waals surface area (Å²) in [5, 5.41) is 7.46. The van der Waals surface area contributed by atoms with Gasteiger partial charge in [0.25, 0.3) is 5.56 Å². The third-order valence-corrected chi connectivity index (χ3v) is 4.61. The third-order valence-electron chi connectivity index (χ3n) is 4.61. The van der Waals surface area contributed by atoms with Crippen molar-refractivity contribution in [2.24, 2.45) is 0 Å². The van der Waals surface area contributed by atoms with Crippen molar-refractivity contribution in [2.75, 3.05) is 5.32 Å². The Morgan fingerprint density at radius 1 is 1.07 bits per heavy atom. The summed E-state index contributed by atoms with van der Waals surface area (Å²) >= 11 is 0. The van der Waals surface area contributed by atoms with E-state index in [2.05, 4.69) is 26.4 Å². The van der Waals surface area contributed by atoms with Gasteiger partial charge in [0.2, 0.25) is 11.9 Å². The molecule has 28 heavy (non-hydrogen) atoms. The van der Waals surface area contributed by atoms with Crippen LogP contribution in [0.5, 0.6) is 0 Å². The molecule has 2 heterocycles. The van der Waals surface area contributed by atoms with Crippen molar-refractivity contribution >= 4 is 11.6 Å².